The zero-order valence-corrected chi connectivity index (χ0v) is 10.1. The number of benzene rings is 1. The smallest absolute Gasteiger partial charge is 0.402 e. The summed E-state index contributed by atoms with van der Waals surface area (Å²) in [4.78, 5) is 0. The van der Waals surface area contributed by atoms with E-state index in [4.69, 9.17) is 0 Å². The third kappa shape index (κ3) is 4.80. The summed E-state index contributed by atoms with van der Waals surface area (Å²) < 4.78 is 61.2. The Balaban J connectivity index is 2.74. The second-order valence-corrected chi connectivity index (χ2v) is 5.04. The van der Waals surface area contributed by atoms with Gasteiger partial charge < -0.3 is 5.11 Å². The summed E-state index contributed by atoms with van der Waals surface area (Å²) in [5.74, 6) is -0.161. The van der Waals surface area contributed by atoms with Gasteiger partial charge in [0.25, 0.3) is 10.2 Å². The van der Waals surface area contributed by atoms with Gasteiger partial charge in [-0.1, -0.05) is 6.07 Å². The van der Waals surface area contributed by atoms with E-state index < -0.39 is 22.9 Å². The van der Waals surface area contributed by atoms with Crippen LogP contribution in [0.4, 0.5) is 18.9 Å². The van der Waals surface area contributed by atoms with Crippen LogP contribution in [0.2, 0.25) is 0 Å². The molecule has 9 heteroatoms. The second-order valence-electron chi connectivity index (χ2n) is 3.54. The van der Waals surface area contributed by atoms with Gasteiger partial charge in [0, 0.05) is 6.07 Å². The molecule has 0 atom stereocenters. The second kappa shape index (κ2) is 5.02. The fourth-order valence-electron chi connectivity index (χ4n) is 1.04. The third-order valence-corrected chi connectivity index (χ3v) is 2.95. The fraction of sp³-hybridized carbons (Fsp3) is 0.333. The van der Waals surface area contributed by atoms with E-state index in [1.807, 2.05) is 4.72 Å². The Morgan fingerprint density at radius 1 is 1.33 bits per heavy atom. The molecule has 0 unspecified atom stereocenters. The molecule has 0 saturated carbocycles. The first-order chi connectivity index (χ1) is 8.09. The van der Waals surface area contributed by atoms with Crippen molar-refractivity contribution in [2.45, 2.75) is 13.1 Å². The fourth-order valence-corrected chi connectivity index (χ4v) is 1.90. The molecule has 0 amide bonds. The summed E-state index contributed by atoms with van der Waals surface area (Å²) in [6, 6.07) is 3.85. The number of hydrogen-bond donors (Lipinski definition) is 3. The van der Waals surface area contributed by atoms with Crippen LogP contribution in [0.1, 0.15) is 5.56 Å². The first-order valence-corrected chi connectivity index (χ1v) is 6.21. The Morgan fingerprint density at radius 2 is 1.94 bits per heavy atom. The molecule has 18 heavy (non-hydrogen) atoms. The van der Waals surface area contributed by atoms with Crippen LogP contribution in [0.15, 0.2) is 18.2 Å². The van der Waals surface area contributed by atoms with E-state index in [0.29, 0.717) is 5.56 Å². The van der Waals surface area contributed by atoms with Gasteiger partial charge >= 0.3 is 6.18 Å². The van der Waals surface area contributed by atoms with Gasteiger partial charge in [0.15, 0.2) is 0 Å². The van der Waals surface area contributed by atoms with Gasteiger partial charge in [0.05, 0.1) is 5.69 Å². The number of aryl methyl sites for hydroxylation is 1. The Kier molecular flexibility index (Phi) is 4.07. The minimum absolute atomic E-state index is 0.0345. The molecule has 0 fully saturated rings. The van der Waals surface area contributed by atoms with Crippen molar-refractivity contribution in [3.8, 4) is 5.75 Å². The average Bonchev–Trinajstić information content (AvgIpc) is 2.20. The zero-order valence-electron chi connectivity index (χ0n) is 9.25. The number of anilines is 1. The molecule has 102 valence electrons. The molecule has 0 saturated heterocycles. The Labute approximate surface area is 102 Å². The minimum Gasteiger partial charge on any atom is -0.508 e. The van der Waals surface area contributed by atoms with Crippen LogP contribution in [-0.4, -0.2) is 26.2 Å². The molecule has 0 spiro atoms. The van der Waals surface area contributed by atoms with E-state index >= 15 is 0 Å². The van der Waals surface area contributed by atoms with Crippen LogP contribution in [0, 0.1) is 6.92 Å². The first-order valence-electron chi connectivity index (χ1n) is 4.73. The SMILES string of the molecule is Cc1ccc(NS(=O)(=O)NCC(F)(F)F)cc1O. The van der Waals surface area contributed by atoms with Crippen molar-refractivity contribution in [1.29, 1.82) is 0 Å². The van der Waals surface area contributed by atoms with Gasteiger partial charge in [-0.15, -0.1) is 0 Å². The number of rotatable bonds is 4. The molecule has 0 aromatic heterocycles. The molecule has 0 bridgehead atoms. The molecule has 3 N–H and O–H groups in total. The van der Waals surface area contributed by atoms with E-state index in [2.05, 4.69) is 0 Å². The predicted molar refractivity (Wildman–Crippen MR) is 59.4 cm³/mol. The number of aromatic hydroxyl groups is 1. The predicted octanol–water partition coefficient (Wildman–Crippen LogP) is 1.51. The summed E-state index contributed by atoms with van der Waals surface area (Å²) in [5.41, 5.74) is 0.481. The number of halogens is 3. The number of phenols is 1. The lowest BCUT2D eigenvalue weighted by Crippen LogP contribution is -2.37. The highest BCUT2D eigenvalue weighted by molar-refractivity contribution is 7.90. The van der Waals surface area contributed by atoms with Crippen molar-refractivity contribution >= 4 is 15.9 Å². The van der Waals surface area contributed by atoms with Crippen molar-refractivity contribution in [3.63, 3.8) is 0 Å². The zero-order chi connectivity index (χ0) is 14.0. The summed E-state index contributed by atoms with van der Waals surface area (Å²) in [5, 5.41) is 9.32. The minimum atomic E-state index is -4.63. The van der Waals surface area contributed by atoms with Gasteiger partial charge in [-0.3, -0.25) is 4.72 Å². The maximum Gasteiger partial charge on any atom is 0.402 e. The van der Waals surface area contributed by atoms with E-state index in [1.54, 1.807) is 6.92 Å². The summed E-state index contributed by atoms with van der Waals surface area (Å²) in [6.45, 7) is -0.0737. The maximum atomic E-state index is 11.8. The van der Waals surface area contributed by atoms with E-state index in [-0.39, 0.29) is 11.4 Å². The monoisotopic (exact) mass is 284 g/mol. The standard InChI is InChI=1S/C9H11F3N2O3S/c1-6-2-3-7(4-8(6)15)14-18(16,17)13-5-9(10,11)12/h2-4,13-15H,5H2,1H3. The van der Waals surface area contributed by atoms with Crippen LogP contribution in [0.3, 0.4) is 0 Å². The van der Waals surface area contributed by atoms with Crippen molar-refractivity contribution < 1.29 is 26.7 Å². The lowest BCUT2D eigenvalue weighted by molar-refractivity contribution is -0.121. The van der Waals surface area contributed by atoms with Crippen LogP contribution in [-0.2, 0) is 10.2 Å². The molecule has 0 heterocycles. The molecule has 1 aromatic rings. The summed E-state index contributed by atoms with van der Waals surface area (Å²) in [6.07, 6.45) is -4.63. The highest BCUT2D eigenvalue weighted by Crippen LogP contribution is 2.21. The van der Waals surface area contributed by atoms with Gasteiger partial charge in [0.1, 0.15) is 12.3 Å². The molecule has 0 aliphatic carbocycles. The van der Waals surface area contributed by atoms with Gasteiger partial charge in [-0.2, -0.15) is 26.3 Å². The molecule has 5 nitrogen and oxygen atoms in total. The first kappa shape index (κ1) is 14.6. The summed E-state index contributed by atoms with van der Waals surface area (Å²) >= 11 is 0. The van der Waals surface area contributed by atoms with Crippen molar-refractivity contribution in [2.24, 2.45) is 0 Å². The molecular formula is C9H11F3N2O3S. The number of hydrogen-bond acceptors (Lipinski definition) is 3. The van der Waals surface area contributed by atoms with Crippen LogP contribution < -0.4 is 9.44 Å². The van der Waals surface area contributed by atoms with E-state index in [0.717, 1.165) is 6.07 Å². The van der Waals surface area contributed by atoms with E-state index in [9.17, 15) is 26.7 Å². The van der Waals surface area contributed by atoms with Gasteiger partial charge in [-0.05, 0) is 18.6 Å². The topological polar surface area (TPSA) is 78.4 Å². The molecule has 0 aliphatic heterocycles. The van der Waals surface area contributed by atoms with Crippen LogP contribution in [0.25, 0.3) is 0 Å². The molecule has 1 aromatic carbocycles. The lowest BCUT2D eigenvalue weighted by Gasteiger charge is -2.11. The largest absolute Gasteiger partial charge is 0.508 e. The van der Waals surface area contributed by atoms with Crippen molar-refractivity contribution in [1.82, 2.24) is 4.72 Å². The Hall–Kier alpha value is -1.48. The molecule has 0 aliphatic rings. The lowest BCUT2D eigenvalue weighted by atomic mass is 10.2. The average molecular weight is 284 g/mol. The van der Waals surface area contributed by atoms with Crippen molar-refractivity contribution in [3.05, 3.63) is 23.8 Å². The van der Waals surface area contributed by atoms with Crippen LogP contribution >= 0.6 is 0 Å². The molecule has 1 rings (SSSR count). The van der Waals surface area contributed by atoms with E-state index in [1.165, 1.54) is 16.9 Å². The van der Waals surface area contributed by atoms with Gasteiger partial charge in [-0.25, -0.2) is 0 Å². The quantitative estimate of drug-likeness (QED) is 0.784. The number of alkyl halides is 3. The van der Waals surface area contributed by atoms with Crippen LogP contribution in [0.5, 0.6) is 5.75 Å². The highest BCUT2D eigenvalue weighted by atomic mass is 32.2. The van der Waals surface area contributed by atoms with Gasteiger partial charge in [0.2, 0.25) is 0 Å². The Morgan fingerprint density at radius 3 is 2.44 bits per heavy atom. The van der Waals surface area contributed by atoms with Crippen molar-refractivity contribution in [2.75, 3.05) is 11.3 Å². The Bertz CT molecular complexity index is 528. The molecule has 0 radical (unpaired) electrons. The normalized spacial score (nSPS) is 12.4. The third-order valence-electron chi connectivity index (χ3n) is 1.92. The number of nitrogens with one attached hydrogen (secondary N) is 2. The summed E-state index contributed by atoms with van der Waals surface area (Å²) in [7, 11) is -4.33. The maximum absolute atomic E-state index is 11.8. The highest BCUT2D eigenvalue weighted by Gasteiger charge is 2.29. The number of phenolic OH excluding ortho intramolecular Hbond substituents is 1. The molecular weight excluding hydrogens is 273 g/mol.